The molecule has 1 aliphatic rings. The number of ether oxygens (including phenoxy) is 2. The van der Waals surface area contributed by atoms with Crippen LogP contribution in [0.4, 0.5) is 9.59 Å². The molecule has 0 spiro atoms. The molecule has 2 aromatic carbocycles. The zero-order chi connectivity index (χ0) is 39.0. The van der Waals surface area contributed by atoms with Gasteiger partial charge < -0.3 is 35.4 Å². The van der Waals surface area contributed by atoms with Gasteiger partial charge in [-0.15, -0.1) is 22.7 Å². The molecule has 3 atom stereocenters. The van der Waals surface area contributed by atoms with Crippen molar-refractivity contribution >= 4 is 40.7 Å². The summed E-state index contributed by atoms with van der Waals surface area (Å²) in [6.45, 7) is 7.09. The van der Waals surface area contributed by atoms with Crippen LogP contribution in [0.25, 0.3) is 0 Å². The quantitative estimate of drug-likeness (QED) is 0.101. The number of thiazole rings is 2. The number of alkyl carbamates (subject to hydrolysis) is 1. The molecule has 0 radical (unpaired) electrons. The number of carbonyl (C=O) groups excluding carboxylic acids is 3. The normalized spacial score (nSPS) is 15.1. The van der Waals surface area contributed by atoms with E-state index in [9.17, 15) is 19.5 Å². The number of aromatic nitrogens is 2. The van der Waals surface area contributed by atoms with Gasteiger partial charge in [0.25, 0.3) is 0 Å². The van der Waals surface area contributed by atoms with Gasteiger partial charge in [-0.25, -0.2) is 14.6 Å². The predicted octanol–water partition coefficient (Wildman–Crippen LogP) is 5.10. The van der Waals surface area contributed by atoms with Crippen molar-refractivity contribution < 1.29 is 29.0 Å². The Bertz CT molecular complexity index is 1750. The molecule has 4 amide bonds. The summed E-state index contributed by atoms with van der Waals surface area (Å²) in [6.07, 6.45) is 3.86. The van der Waals surface area contributed by atoms with Crippen LogP contribution in [0.5, 0.6) is 0 Å². The first-order chi connectivity index (χ1) is 26.5. The molecule has 4 N–H and O–H groups in total. The summed E-state index contributed by atoms with van der Waals surface area (Å²) in [7, 11) is 1.66. The van der Waals surface area contributed by atoms with Crippen molar-refractivity contribution in [3.05, 3.63) is 104 Å². The number of morpholine rings is 1. The van der Waals surface area contributed by atoms with Crippen molar-refractivity contribution in [1.82, 2.24) is 35.7 Å². The maximum absolute atomic E-state index is 14.2. The van der Waals surface area contributed by atoms with Gasteiger partial charge in [-0.05, 0) is 57.1 Å². The average Bonchev–Trinajstić information content (AvgIpc) is 3.89. The highest BCUT2D eigenvalue weighted by Gasteiger charge is 2.28. The molecule has 0 aliphatic carbocycles. The molecule has 1 fully saturated rings. The Kier molecular flexibility index (Phi) is 16.0. The first-order valence-corrected chi connectivity index (χ1v) is 20.5. The largest absolute Gasteiger partial charge is 0.444 e. The molecule has 0 bridgehead atoms. The lowest BCUT2D eigenvalue weighted by atomic mass is 9.95. The predicted molar refractivity (Wildman–Crippen MR) is 214 cm³/mol. The summed E-state index contributed by atoms with van der Waals surface area (Å²) in [6, 6.07) is 18.2. The monoisotopic (exact) mass is 791 g/mol. The fraction of sp³-hybridized carbons (Fsp3) is 0.475. The number of amides is 4. The maximum atomic E-state index is 14.2. The zero-order valence-corrected chi connectivity index (χ0v) is 33.4. The molecule has 4 aromatic rings. The molecular weight excluding hydrogens is 739 g/mol. The number of nitrogens with zero attached hydrogens (tertiary/aromatic N) is 4. The van der Waals surface area contributed by atoms with Crippen LogP contribution in [0.15, 0.2) is 77.8 Å². The van der Waals surface area contributed by atoms with Crippen molar-refractivity contribution in [1.29, 1.82) is 0 Å². The van der Waals surface area contributed by atoms with E-state index in [4.69, 9.17) is 9.47 Å². The lowest BCUT2D eigenvalue weighted by Crippen LogP contribution is -2.54. The summed E-state index contributed by atoms with van der Waals surface area (Å²) in [5.41, 5.74) is 3.41. The molecule has 0 unspecified atom stereocenters. The molecule has 55 heavy (non-hydrogen) atoms. The number of nitrogens with one attached hydrogen (secondary N) is 3. The lowest BCUT2D eigenvalue weighted by Gasteiger charge is -2.30. The smallest absolute Gasteiger partial charge is 0.407 e. The Morgan fingerprint density at radius 3 is 2.15 bits per heavy atom. The van der Waals surface area contributed by atoms with Gasteiger partial charge in [0.15, 0.2) is 0 Å². The minimum absolute atomic E-state index is 0.139. The molecule has 15 heteroatoms. The maximum Gasteiger partial charge on any atom is 0.407 e. The third-order valence-electron chi connectivity index (χ3n) is 9.28. The van der Waals surface area contributed by atoms with Gasteiger partial charge >= 0.3 is 12.1 Å². The first-order valence-electron chi connectivity index (χ1n) is 18.7. The van der Waals surface area contributed by atoms with E-state index < -0.39 is 23.8 Å². The van der Waals surface area contributed by atoms with Crippen molar-refractivity contribution in [3.8, 4) is 0 Å². The van der Waals surface area contributed by atoms with Crippen LogP contribution in [0.1, 0.15) is 59.8 Å². The second-order valence-electron chi connectivity index (χ2n) is 14.4. The van der Waals surface area contributed by atoms with Gasteiger partial charge in [0.2, 0.25) is 5.91 Å². The highest BCUT2D eigenvalue weighted by Crippen LogP contribution is 2.24. The molecule has 1 saturated heterocycles. The van der Waals surface area contributed by atoms with E-state index in [1.807, 2.05) is 66.0 Å². The second-order valence-corrected chi connectivity index (χ2v) is 16.2. The topological polar surface area (TPSA) is 158 Å². The minimum atomic E-state index is -1.08. The van der Waals surface area contributed by atoms with Gasteiger partial charge in [0.1, 0.15) is 23.3 Å². The lowest BCUT2D eigenvalue weighted by molar-refractivity contribution is -0.124. The number of rotatable bonds is 19. The summed E-state index contributed by atoms with van der Waals surface area (Å²) in [4.78, 5) is 53.9. The van der Waals surface area contributed by atoms with Crippen molar-refractivity contribution in [2.75, 3.05) is 39.9 Å². The van der Waals surface area contributed by atoms with Crippen LogP contribution < -0.4 is 16.0 Å². The van der Waals surface area contributed by atoms with Crippen LogP contribution in [-0.2, 0) is 45.9 Å². The molecule has 0 saturated carbocycles. The van der Waals surface area contributed by atoms with E-state index in [1.54, 1.807) is 32.6 Å². The second kappa shape index (κ2) is 21.0. The van der Waals surface area contributed by atoms with Crippen LogP contribution >= 0.6 is 22.7 Å². The average molecular weight is 792 g/mol. The molecule has 296 valence electrons. The minimum Gasteiger partial charge on any atom is -0.444 e. The summed E-state index contributed by atoms with van der Waals surface area (Å²) in [5, 5.41) is 22.1. The number of hydrogen-bond donors (Lipinski definition) is 4. The molecule has 3 heterocycles. The van der Waals surface area contributed by atoms with Crippen molar-refractivity contribution in [3.63, 3.8) is 0 Å². The SMILES string of the molecule is CN(Cc1csc(C(C)(C)O)n1)C(=O)N[C@@H](CCN1CCOCC1)C(=O)N[C@H](CC[C@H](Cc1ccccc1)NC(=O)OCc1cncs1)Cc1ccccc1. The van der Waals surface area contributed by atoms with E-state index in [0.717, 1.165) is 29.1 Å². The Balaban J connectivity index is 1.28. The fourth-order valence-corrected chi connectivity index (χ4v) is 7.59. The Labute approximate surface area is 331 Å². The van der Waals surface area contributed by atoms with E-state index in [1.165, 1.54) is 27.6 Å². The molecule has 2 aromatic heterocycles. The van der Waals surface area contributed by atoms with E-state index in [2.05, 4.69) is 30.8 Å². The Hall–Kier alpha value is -4.41. The summed E-state index contributed by atoms with van der Waals surface area (Å²) < 4.78 is 11.0. The Morgan fingerprint density at radius 2 is 1.56 bits per heavy atom. The molecular formula is C40H53N7O6S2. The summed E-state index contributed by atoms with van der Waals surface area (Å²) >= 11 is 2.76. The third-order valence-corrected chi connectivity index (χ3v) is 11.2. The van der Waals surface area contributed by atoms with Gasteiger partial charge in [-0.1, -0.05) is 60.7 Å². The summed E-state index contributed by atoms with van der Waals surface area (Å²) in [5.74, 6) is -0.273. The van der Waals surface area contributed by atoms with Gasteiger partial charge in [0, 0.05) is 50.3 Å². The number of carbonyl (C=O) groups is 3. The number of benzene rings is 2. The van der Waals surface area contributed by atoms with E-state index in [0.29, 0.717) is 62.6 Å². The zero-order valence-electron chi connectivity index (χ0n) is 31.8. The molecule has 1 aliphatic heterocycles. The van der Waals surface area contributed by atoms with Crippen molar-refractivity contribution in [2.24, 2.45) is 0 Å². The van der Waals surface area contributed by atoms with Crippen LogP contribution in [-0.4, -0.2) is 101 Å². The van der Waals surface area contributed by atoms with Gasteiger partial charge in [0.05, 0.1) is 35.8 Å². The van der Waals surface area contributed by atoms with Crippen molar-refractivity contribution in [2.45, 2.75) is 82.8 Å². The Morgan fingerprint density at radius 1 is 0.927 bits per heavy atom. The molecule has 5 rings (SSSR count). The highest BCUT2D eigenvalue weighted by atomic mass is 32.1. The fourth-order valence-electron chi connectivity index (χ4n) is 6.25. The first kappa shape index (κ1) is 41.7. The molecule has 13 nitrogen and oxygen atoms in total. The van der Waals surface area contributed by atoms with E-state index in [-0.39, 0.29) is 31.1 Å². The standard InChI is InChI=1S/C40H53N7O6S2/c1-40(2,51)37-43-33(27-54-37)25-46(3)38(49)45-35(16-17-47-18-20-52-21-19-47)36(48)42-31(22-29-10-6-4-7-11-29)14-15-32(23-30-12-8-5-9-13-30)44-39(50)53-26-34-24-41-28-55-34/h4-13,24,27-28,31-32,35,51H,14-23,25-26H2,1-3H3,(H,42,48)(H,44,50)(H,45,49)/t31-,32-,35+/m1/s1. The van der Waals surface area contributed by atoms with Crippen LogP contribution in [0.3, 0.4) is 0 Å². The number of urea groups is 1. The number of hydrogen-bond acceptors (Lipinski definition) is 11. The number of aliphatic hydroxyl groups is 1. The van der Waals surface area contributed by atoms with Gasteiger partial charge in [-0.3, -0.25) is 14.7 Å². The van der Waals surface area contributed by atoms with Crippen LogP contribution in [0, 0.1) is 0 Å². The highest BCUT2D eigenvalue weighted by molar-refractivity contribution is 7.10. The van der Waals surface area contributed by atoms with E-state index >= 15 is 0 Å². The van der Waals surface area contributed by atoms with Crippen LogP contribution in [0.2, 0.25) is 0 Å². The third kappa shape index (κ3) is 14.3. The van der Waals surface area contributed by atoms with Gasteiger partial charge in [-0.2, -0.15) is 0 Å².